The number of anilines is 2. The Kier molecular flexibility index (Phi) is 4.38. The summed E-state index contributed by atoms with van der Waals surface area (Å²) in [7, 11) is -2.67. The van der Waals surface area contributed by atoms with Crippen LogP contribution in [0.3, 0.4) is 0 Å². The molecule has 3 N–H and O–H groups in total. The van der Waals surface area contributed by atoms with Crippen molar-refractivity contribution in [2.24, 2.45) is 0 Å². The Bertz CT molecular complexity index is 781. The topological polar surface area (TPSA) is 81.4 Å². The maximum absolute atomic E-state index is 13.7. The highest BCUT2D eigenvalue weighted by atomic mass is 79.9. The minimum Gasteiger partial charge on any atom is -0.495 e. The first-order valence-corrected chi connectivity index (χ1v) is 8.02. The molecule has 0 saturated heterocycles. The standard InChI is InChI=1S/C13H12BrFN2O3S/c1-20-12-7-9(16)3-5-13(12)21(18,19)17-11-4-2-8(14)6-10(11)15/h2-7,17H,16H2,1H3. The average molecular weight is 375 g/mol. The first-order chi connectivity index (χ1) is 9.83. The second-order valence-corrected chi connectivity index (χ2v) is 6.71. The van der Waals surface area contributed by atoms with Gasteiger partial charge in [0.15, 0.2) is 0 Å². The summed E-state index contributed by atoms with van der Waals surface area (Å²) in [4.78, 5) is -0.124. The van der Waals surface area contributed by atoms with Gasteiger partial charge in [0.1, 0.15) is 16.5 Å². The number of halogens is 2. The highest BCUT2D eigenvalue weighted by Gasteiger charge is 2.21. The summed E-state index contributed by atoms with van der Waals surface area (Å²) in [5.41, 5.74) is 5.79. The average Bonchev–Trinajstić information content (AvgIpc) is 2.41. The molecular formula is C13H12BrFN2O3S. The largest absolute Gasteiger partial charge is 0.495 e. The molecule has 5 nitrogen and oxygen atoms in total. The van der Waals surface area contributed by atoms with Crippen molar-refractivity contribution in [3.05, 3.63) is 46.7 Å². The lowest BCUT2D eigenvalue weighted by Gasteiger charge is -2.12. The Labute approximate surface area is 130 Å². The highest BCUT2D eigenvalue weighted by molar-refractivity contribution is 9.10. The SMILES string of the molecule is COc1cc(N)ccc1S(=O)(=O)Nc1ccc(Br)cc1F. The number of ether oxygens (including phenoxy) is 1. The molecule has 0 unspecified atom stereocenters. The van der Waals surface area contributed by atoms with Crippen molar-refractivity contribution in [2.75, 3.05) is 17.6 Å². The van der Waals surface area contributed by atoms with Gasteiger partial charge in [0.05, 0.1) is 12.8 Å². The van der Waals surface area contributed by atoms with Gasteiger partial charge in [-0.25, -0.2) is 12.8 Å². The number of nitrogens with two attached hydrogens (primary N) is 1. The van der Waals surface area contributed by atoms with E-state index < -0.39 is 15.8 Å². The molecule has 0 saturated carbocycles. The Hall–Kier alpha value is -1.80. The second kappa shape index (κ2) is 5.90. The molecule has 112 valence electrons. The molecule has 0 spiro atoms. The molecule has 0 aliphatic carbocycles. The first kappa shape index (κ1) is 15.6. The van der Waals surface area contributed by atoms with Crippen molar-refractivity contribution >= 4 is 37.3 Å². The van der Waals surface area contributed by atoms with Crippen molar-refractivity contribution in [3.8, 4) is 5.75 Å². The Morgan fingerprint density at radius 2 is 1.95 bits per heavy atom. The number of hydrogen-bond donors (Lipinski definition) is 2. The molecule has 0 aliphatic heterocycles. The summed E-state index contributed by atoms with van der Waals surface area (Å²) in [5, 5.41) is 0. The lowest BCUT2D eigenvalue weighted by atomic mass is 10.3. The number of rotatable bonds is 4. The predicted octanol–water partition coefficient (Wildman–Crippen LogP) is 2.98. The van der Waals surface area contributed by atoms with Crippen molar-refractivity contribution < 1.29 is 17.5 Å². The van der Waals surface area contributed by atoms with Crippen molar-refractivity contribution in [3.63, 3.8) is 0 Å². The van der Waals surface area contributed by atoms with Crippen molar-refractivity contribution in [1.29, 1.82) is 0 Å². The van der Waals surface area contributed by atoms with E-state index in [0.29, 0.717) is 10.2 Å². The number of nitrogens with one attached hydrogen (secondary N) is 1. The fraction of sp³-hybridized carbons (Fsp3) is 0.0769. The lowest BCUT2D eigenvalue weighted by Crippen LogP contribution is -2.15. The van der Waals surface area contributed by atoms with Gasteiger partial charge in [0.25, 0.3) is 10.0 Å². The monoisotopic (exact) mass is 374 g/mol. The minimum absolute atomic E-state index is 0.0834. The molecule has 0 aliphatic rings. The summed E-state index contributed by atoms with van der Waals surface area (Å²) in [6, 6.07) is 8.12. The van der Waals surface area contributed by atoms with Gasteiger partial charge in [-0.2, -0.15) is 0 Å². The molecule has 2 aromatic rings. The van der Waals surface area contributed by atoms with E-state index in [-0.39, 0.29) is 16.3 Å². The van der Waals surface area contributed by atoms with Crippen LogP contribution >= 0.6 is 15.9 Å². The van der Waals surface area contributed by atoms with Gasteiger partial charge in [0.2, 0.25) is 0 Å². The van der Waals surface area contributed by atoms with E-state index in [1.165, 1.54) is 37.4 Å². The van der Waals surface area contributed by atoms with Crippen LogP contribution < -0.4 is 15.2 Å². The summed E-state index contributed by atoms with van der Waals surface area (Å²) in [6.45, 7) is 0. The zero-order valence-electron chi connectivity index (χ0n) is 10.9. The molecule has 0 amide bonds. The molecule has 0 radical (unpaired) electrons. The zero-order valence-corrected chi connectivity index (χ0v) is 13.3. The normalized spacial score (nSPS) is 11.2. The van der Waals surface area contributed by atoms with Gasteiger partial charge in [-0.15, -0.1) is 0 Å². The van der Waals surface area contributed by atoms with E-state index in [1.54, 1.807) is 0 Å². The fourth-order valence-electron chi connectivity index (χ4n) is 1.68. The van der Waals surface area contributed by atoms with Crippen LogP contribution in [-0.2, 0) is 10.0 Å². The van der Waals surface area contributed by atoms with Crippen molar-refractivity contribution in [2.45, 2.75) is 4.90 Å². The molecule has 0 atom stereocenters. The van der Waals surface area contributed by atoms with Gasteiger partial charge in [-0.1, -0.05) is 15.9 Å². The Morgan fingerprint density at radius 3 is 2.57 bits per heavy atom. The van der Waals surface area contributed by atoms with E-state index in [2.05, 4.69) is 20.7 Å². The summed E-state index contributed by atoms with van der Waals surface area (Å²) >= 11 is 3.10. The van der Waals surface area contributed by atoms with Gasteiger partial charge in [-0.3, -0.25) is 4.72 Å². The minimum atomic E-state index is -3.99. The molecule has 0 fully saturated rings. The number of methoxy groups -OCH3 is 1. The Balaban J connectivity index is 2.43. The van der Waals surface area contributed by atoms with Gasteiger partial charge in [-0.05, 0) is 30.3 Å². The smallest absolute Gasteiger partial charge is 0.265 e. The van der Waals surface area contributed by atoms with Crippen LogP contribution in [0.15, 0.2) is 45.8 Å². The summed E-state index contributed by atoms with van der Waals surface area (Å²) < 4.78 is 46.1. The predicted molar refractivity (Wildman–Crippen MR) is 82.3 cm³/mol. The van der Waals surface area contributed by atoms with E-state index in [4.69, 9.17) is 10.5 Å². The van der Waals surface area contributed by atoms with E-state index in [9.17, 15) is 12.8 Å². The van der Waals surface area contributed by atoms with Crippen LogP contribution in [-0.4, -0.2) is 15.5 Å². The van der Waals surface area contributed by atoms with E-state index in [0.717, 1.165) is 6.07 Å². The van der Waals surface area contributed by atoms with Crippen LogP contribution in [0.2, 0.25) is 0 Å². The molecule has 2 aromatic carbocycles. The molecule has 0 heterocycles. The molecule has 8 heteroatoms. The Morgan fingerprint density at radius 1 is 1.24 bits per heavy atom. The lowest BCUT2D eigenvalue weighted by molar-refractivity contribution is 0.403. The third-order valence-corrected chi connectivity index (χ3v) is 4.55. The van der Waals surface area contributed by atoms with Gasteiger partial charge < -0.3 is 10.5 Å². The van der Waals surface area contributed by atoms with Crippen LogP contribution in [0, 0.1) is 5.82 Å². The zero-order chi connectivity index (χ0) is 15.6. The van der Waals surface area contributed by atoms with E-state index in [1.807, 2.05) is 0 Å². The number of sulfonamides is 1. The summed E-state index contributed by atoms with van der Waals surface area (Å²) in [5.74, 6) is -0.609. The molecule has 2 rings (SSSR count). The first-order valence-electron chi connectivity index (χ1n) is 5.75. The van der Waals surface area contributed by atoms with Gasteiger partial charge in [0, 0.05) is 16.2 Å². The summed E-state index contributed by atoms with van der Waals surface area (Å²) in [6.07, 6.45) is 0. The number of nitrogen functional groups attached to an aromatic ring is 1. The maximum atomic E-state index is 13.7. The van der Waals surface area contributed by atoms with Crippen LogP contribution in [0.4, 0.5) is 15.8 Å². The third kappa shape index (κ3) is 3.45. The van der Waals surface area contributed by atoms with Crippen LogP contribution in [0.1, 0.15) is 0 Å². The van der Waals surface area contributed by atoms with E-state index >= 15 is 0 Å². The molecular weight excluding hydrogens is 363 g/mol. The van der Waals surface area contributed by atoms with Crippen LogP contribution in [0.25, 0.3) is 0 Å². The van der Waals surface area contributed by atoms with Crippen LogP contribution in [0.5, 0.6) is 5.75 Å². The second-order valence-electron chi connectivity index (χ2n) is 4.14. The maximum Gasteiger partial charge on any atom is 0.265 e. The fourth-order valence-corrected chi connectivity index (χ4v) is 3.23. The molecule has 0 aromatic heterocycles. The number of hydrogen-bond acceptors (Lipinski definition) is 4. The quantitative estimate of drug-likeness (QED) is 0.806. The number of benzene rings is 2. The molecule has 21 heavy (non-hydrogen) atoms. The molecule has 0 bridgehead atoms. The highest BCUT2D eigenvalue weighted by Crippen LogP contribution is 2.29. The van der Waals surface area contributed by atoms with Gasteiger partial charge >= 0.3 is 0 Å². The third-order valence-electron chi connectivity index (χ3n) is 2.65. The van der Waals surface area contributed by atoms with Crippen molar-refractivity contribution in [1.82, 2.24) is 0 Å².